The fourth-order valence-corrected chi connectivity index (χ4v) is 2.69. The Morgan fingerprint density at radius 3 is 2.65 bits per heavy atom. The molecule has 0 saturated carbocycles. The first-order chi connectivity index (χ1) is 9.47. The summed E-state index contributed by atoms with van der Waals surface area (Å²) in [7, 11) is 0. The molecular formula is C14H15FN2O2S. The topological polar surface area (TPSA) is 55.1 Å². The minimum absolute atomic E-state index is 0.0293. The van der Waals surface area contributed by atoms with E-state index in [1.54, 1.807) is 38.4 Å². The molecule has 0 radical (unpaired) electrons. The van der Waals surface area contributed by atoms with Crippen LogP contribution in [-0.2, 0) is 11.3 Å². The molecule has 4 nitrogen and oxygen atoms in total. The summed E-state index contributed by atoms with van der Waals surface area (Å²) in [4.78, 5) is 14.7. The van der Waals surface area contributed by atoms with E-state index in [0.29, 0.717) is 22.8 Å². The zero-order chi connectivity index (χ0) is 14.7. The van der Waals surface area contributed by atoms with Crippen LogP contribution in [0.1, 0.15) is 16.7 Å². The fourth-order valence-electron chi connectivity index (χ4n) is 2.01. The SMILES string of the molecule is Cc1cc(Cn2ccnc2SCC(=O)O)cc(C)c1F. The minimum Gasteiger partial charge on any atom is -0.481 e. The summed E-state index contributed by atoms with van der Waals surface area (Å²) in [6.45, 7) is 4.02. The van der Waals surface area contributed by atoms with Crippen LogP contribution >= 0.6 is 11.8 Å². The lowest BCUT2D eigenvalue weighted by Crippen LogP contribution is -2.04. The number of carbonyl (C=O) groups is 1. The Kier molecular flexibility index (Phi) is 4.44. The van der Waals surface area contributed by atoms with Crippen molar-refractivity contribution in [3.63, 3.8) is 0 Å². The first kappa shape index (κ1) is 14.6. The molecule has 0 fully saturated rings. The van der Waals surface area contributed by atoms with E-state index in [2.05, 4.69) is 4.98 Å². The minimum atomic E-state index is -0.877. The summed E-state index contributed by atoms with van der Waals surface area (Å²) < 4.78 is 15.5. The van der Waals surface area contributed by atoms with Crippen LogP contribution in [0.15, 0.2) is 29.7 Å². The summed E-state index contributed by atoms with van der Waals surface area (Å²) in [6, 6.07) is 3.60. The Balaban J connectivity index is 2.18. The van der Waals surface area contributed by atoms with Gasteiger partial charge >= 0.3 is 5.97 Å². The Morgan fingerprint density at radius 1 is 1.40 bits per heavy atom. The molecule has 0 unspecified atom stereocenters. The molecule has 0 atom stereocenters. The lowest BCUT2D eigenvalue weighted by atomic mass is 10.1. The Hall–Kier alpha value is -1.82. The normalized spacial score (nSPS) is 10.8. The third-order valence-corrected chi connectivity index (χ3v) is 3.84. The molecule has 0 saturated heterocycles. The maximum absolute atomic E-state index is 13.6. The molecule has 106 valence electrons. The van der Waals surface area contributed by atoms with Gasteiger partial charge in [0.25, 0.3) is 0 Å². The Bertz CT molecular complexity index is 617. The van der Waals surface area contributed by atoms with Crippen molar-refractivity contribution >= 4 is 17.7 Å². The molecular weight excluding hydrogens is 279 g/mol. The number of thioether (sulfide) groups is 1. The fraction of sp³-hybridized carbons (Fsp3) is 0.286. The maximum Gasteiger partial charge on any atom is 0.313 e. The number of nitrogens with zero attached hydrogens (tertiary/aromatic N) is 2. The van der Waals surface area contributed by atoms with Gasteiger partial charge in [0.15, 0.2) is 5.16 Å². The predicted molar refractivity (Wildman–Crippen MR) is 75.6 cm³/mol. The number of rotatable bonds is 5. The zero-order valence-corrected chi connectivity index (χ0v) is 12.1. The lowest BCUT2D eigenvalue weighted by molar-refractivity contribution is -0.133. The molecule has 2 rings (SSSR count). The number of carboxylic acid groups (broad SMARTS) is 1. The van der Waals surface area contributed by atoms with Crippen molar-refractivity contribution in [2.24, 2.45) is 0 Å². The van der Waals surface area contributed by atoms with Crippen molar-refractivity contribution in [2.75, 3.05) is 5.75 Å². The summed E-state index contributed by atoms with van der Waals surface area (Å²) in [5.74, 6) is -1.09. The molecule has 0 aliphatic heterocycles. The molecule has 1 aromatic carbocycles. The van der Waals surface area contributed by atoms with Gasteiger partial charge in [-0.1, -0.05) is 23.9 Å². The van der Waals surface area contributed by atoms with Gasteiger partial charge in [0.05, 0.1) is 5.75 Å². The number of halogens is 1. The van der Waals surface area contributed by atoms with E-state index in [4.69, 9.17) is 5.11 Å². The van der Waals surface area contributed by atoms with Gasteiger partial charge in [-0.3, -0.25) is 4.79 Å². The van der Waals surface area contributed by atoms with Crippen LogP contribution in [0.3, 0.4) is 0 Å². The van der Waals surface area contributed by atoms with Gasteiger partial charge in [-0.15, -0.1) is 0 Å². The Morgan fingerprint density at radius 2 is 2.05 bits per heavy atom. The zero-order valence-electron chi connectivity index (χ0n) is 11.3. The first-order valence-corrected chi connectivity index (χ1v) is 7.07. The van der Waals surface area contributed by atoms with E-state index >= 15 is 0 Å². The van der Waals surface area contributed by atoms with Crippen LogP contribution in [0, 0.1) is 19.7 Å². The molecule has 0 aliphatic rings. The molecule has 2 aromatic rings. The summed E-state index contributed by atoms with van der Waals surface area (Å²) in [6.07, 6.45) is 3.42. The third-order valence-electron chi connectivity index (χ3n) is 2.85. The summed E-state index contributed by atoms with van der Waals surface area (Å²) >= 11 is 1.17. The molecule has 0 amide bonds. The highest BCUT2D eigenvalue weighted by atomic mass is 32.2. The highest BCUT2D eigenvalue weighted by Crippen LogP contribution is 2.19. The summed E-state index contributed by atoms with van der Waals surface area (Å²) in [5.41, 5.74) is 2.19. The Labute approximate surface area is 120 Å². The van der Waals surface area contributed by atoms with Crippen molar-refractivity contribution in [1.82, 2.24) is 9.55 Å². The average molecular weight is 294 g/mol. The van der Waals surface area contributed by atoms with Crippen molar-refractivity contribution in [3.8, 4) is 0 Å². The number of aliphatic carboxylic acids is 1. The van der Waals surface area contributed by atoms with Gasteiger partial charge < -0.3 is 9.67 Å². The van der Waals surface area contributed by atoms with Gasteiger partial charge in [0.2, 0.25) is 0 Å². The smallest absolute Gasteiger partial charge is 0.313 e. The monoisotopic (exact) mass is 294 g/mol. The van der Waals surface area contributed by atoms with E-state index in [0.717, 1.165) is 5.56 Å². The number of hydrogen-bond donors (Lipinski definition) is 1. The standard InChI is InChI=1S/C14H15FN2O2S/c1-9-5-11(6-10(2)13(9)15)7-17-4-3-16-14(17)20-8-12(18)19/h3-6H,7-8H2,1-2H3,(H,18,19). The number of aryl methyl sites for hydroxylation is 2. The van der Waals surface area contributed by atoms with E-state index in [1.165, 1.54) is 11.8 Å². The highest BCUT2D eigenvalue weighted by molar-refractivity contribution is 7.99. The van der Waals surface area contributed by atoms with Crippen molar-refractivity contribution in [1.29, 1.82) is 0 Å². The van der Waals surface area contributed by atoms with E-state index in [1.807, 2.05) is 4.57 Å². The van der Waals surface area contributed by atoms with Crippen molar-refractivity contribution in [3.05, 3.63) is 47.0 Å². The number of aromatic nitrogens is 2. The number of benzene rings is 1. The largest absolute Gasteiger partial charge is 0.481 e. The molecule has 6 heteroatoms. The van der Waals surface area contributed by atoms with Crippen LogP contribution in [0.2, 0.25) is 0 Å². The predicted octanol–water partition coefficient (Wildman–Crippen LogP) is 2.86. The van der Waals surface area contributed by atoms with Gasteiger partial charge in [-0.25, -0.2) is 9.37 Å². The van der Waals surface area contributed by atoms with Crippen LogP contribution < -0.4 is 0 Å². The molecule has 20 heavy (non-hydrogen) atoms. The van der Waals surface area contributed by atoms with Gasteiger partial charge in [0, 0.05) is 18.9 Å². The van der Waals surface area contributed by atoms with Crippen LogP contribution in [0.5, 0.6) is 0 Å². The van der Waals surface area contributed by atoms with Gasteiger partial charge in [0.1, 0.15) is 5.82 Å². The highest BCUT2D eigenvalue weighted by Gasteiger charge is 2.09. The van der Waals surface area contributed by atoms with Crippen LogP contribution in [-0.4, -0.2) is 26.4 Å². The first-order valence-electron chi connectivity index (χ1n) is 6.08. The van der Waals surface area contributed by atoms with E-state index in [-0.39, 0.29) is 11.6 Å². The lowest BCUT2D eigenvalue weighted by Gasteiger charge is -2.09. The summed E-state index contributed by atoms with van der Waals surface area (Å²) in [5, 5.41) is 9.34. The van der Waals surface area contributed by atoms with Crippen molar-refractivity contribution in [2.45, 2.75) is 25.5 Å². The van der Waals surface area contributed by atoms with Gasteiger partial charge in [-0.05, 0) is 30.5 Å². The molecule has 1 aromatic heterocycles. The van der Waals surface area contributed by atoms with Crippen molar-refractivity contribution < 1.29 is 14.3 Å². The molecule has 0 bridgehead atoms. The molecule has 0 aliphatic carbocycles. The quantitative estimate of drug-likeness (QED) is 0.862. The number of carboxylic acids is 1. The molecule has 1 N–H and O–H groups in total. The maximum atomic E-state index is 13.6. The average Bonchev–Trinajstić information content (AvgIpc) is 2.80. The third kappa shape index (κ3) is 3.39. The van der Waals surface area contributed by atoms with Crippen LogP contribution in [0.4, 0.5) is 4.39 Å². The molecule has 1 heterocycles. The number of hydrogen-bond acceptors (Lipinski definition) is 3. The second-order valence-electron chi connectivity index (χ2n) is 4.56. The number of imidazole rings is 1. The van der Waals surface area contributed by atoms with E-state index in [9.17, 15) is 9.18 Å². The molecule has 0 spiro atoms. The second kappa shape index (κ2) is 6.09. The van der Waals surface area contributed by atoms with Gasteiger partial charge in [-0.2, -0.15) is 0 Å². The van der Waals surface area contributed by atoms with E-state index < -0.39 is 5.97 Å². The second-order valence-corrected chi connectivity index (χ2v) is 5.51. The van der Waals surface area contributed by atoms with Crippen LogP contribution in [0.25, 0.3) is 0 Å².